The smallest absolute Gasteiger partial charge is 0.123 e. The zero-order chi connectivity index (χ0) is 13.0. The van der Waals surface area contributed by atoms with Gasteiger partial charge in [0.1, 0.15) is 5.82 Å². The molecule has 0 radical (unpaired) electrons. The first kappa shape index (κ1) is 12.6. The second-order valence-corrected chi connectivity index (χ2v) is 4.14. The Balaban J connectivity index is 2.33. The van der Waals surface area contributed by atoms with Gasteiger partial charge in [0.25, 0.3) is 0 Å². The zero-order valence-electron chi connectivity index (χ0n) is 10.4. The van der Waals surface area contributed by atoms with E-state index >= 15 is 0 Å². The van der Waals surface area contributed by atoms with Crippen LogP contribution < -0.4 is 11.1 Å². The maximum atomic E-state index is 13.1. The second-order valence-electron chi connectivity index (χ2n) is 4.14. The van der Waals surface area contributed by atoms with Gasteiger partial charge in [-0.2, -0.15) is 0 Å². The van der Waals surface area contributed by atoms with Crippen LogP contribution in [-0.2, 0) is 13.0 Å². The van der Waals surface area contributed by atoms with Crippen LogP contribution in [0.3, 0.4) is 0 Å². The van der Waals surface area contributed by atoms with Gasteiger partial charge in [0.05, 0.1) is 0 Å². The minimum atomic E-state index is -0.259. The predicted octanol–water partition coefficient (Wildman–Crippen LogP) is 3.59. The molecule has 0 saturated carbocycles. The fraction of sp³-hybridized carbons (Fsp3) is 0.200. The van der Waals surface area contributed by atoms with E-state index in [9.17, 15) is 4.39 Å². The highest BCUT2D eigenvalue weighted by Crippen LogP contribution is 2.24. The number of para-hydroxylation sites is 1. The van der Waals surface area contributed by atoms with Crippen molar-refractivity contribution in [3.8, 4) is 0 Å². The van der Waals surface area contributed by atoms with Crippen LogP contribution >= 0.6 is 0 Å². The summed E-state index contributed by atoms with van der Waals surface area (Å²) in [5.41, 5.74) is 9.55. The Bertz CT molecular complexity index is 538. The molecule has 2 rings (SSSR count). The van der Waals surface area contributed by atoms with Crippen LogP contribution in [0.15, 0.2) is 42.5 Å². The first-order valence-corrected chi connectivity index (χ1v) is 6.08. The average Bonchev–Trinajstić information content (AvgIpc) is 2.41. The Morgan fingerprint density at radius 2 is 1.78 bits per heavy atom. The van der Waals surface area contributed by atoms with Crippen molar-refractivity contribution in [3.63, 3.8) is 0 Å². The Labute approximate surface area is 107 Å². The lowest BCUT2D eigenvalue weighted by Crippen LogP contribution is -2.03. The molecule has 3 N–H and O–H groups in total. The third kappa shape index (κ3) is 2.68. The molecule has 0 spiro atoms. The zero-order valence-corrected chi connectivity index (χ0v) is 10.4. The third-order valence-corrected chi connectivity index (χ3v) is 2.95. The Kier molecular flexibility index (Phi) is 3.95. The molecule has 0 amide bonds. The monoisotopic (exact) mass is 244 g/mol. The SMILES string of the molecule is CCc1ccccc1Nc1ccc(F)cc1CN. The molecule has 0 atom stereocenters. The van der Waals surface area contributed by atoms with Crippen LogP contribution in [0.1, 0.15) is 18.1 Å². The van der Waals surface area contributed by atoms with Gasteiger partial charge in [0, 0.05) is 17.9 Å². The Morgan fingerprint density at radius 1 is 1.06 bits per heavy atom. The van der Waals surface area contributed by atoms with Gasteiger partial charge in [-0.1, -0.05) is 25.1 Å². The number of aryl methyl sites for hydroxylation is 1. The summed E-state index contributed by atoms with van der Waals surface area (Å²) in [7, 11) is 0. The van der Waals surface area contributed by atoms with Crippen molar-refractivity contribution >= 4 is 11.4 Å². The molecule has 0 bridgehead atoms. The fourth-order valence-corrected chi connectivity index (χ4v) is 1.95. The van der Waals surface area contributed by atoms with Gasteiger partial charge in [0.15, 0.2) is 0 Å². The molecule has 0 aromatic heterocycles. The summed E-state index contributed by atoms with van der Waals surface area (Å²) in [6.07, 6.45) is 0.947. The number of nitrogens with one attached hydrogen (secondary N) is 1. The quantitative estimate of drug-likeness (QED) is 0.862. The van der Waals surface area contributed by atoms with Gasteiger partial charge in [-0.15, -0.1) is 0 Å². The van der Waals surface area contributed by atoms with E-state index in [1.54, 1.807) is 6.07 Å². The van der Waals surface area contributed by atoms with Gasteiger partial charge >= 0.3 is 0 Å². The maximum Gasteiger partial charge on any atom is 0.123 e. The second kappa shape index (κ2) is 5.65. The molecule has 0 aliphatic rings. The summed E-state index contributed by atoms with van der Waals surface area (Å²) in [6, 6.07) is 12.7. The molecule has 2 nitrogen and oxygen atoms in total. The van der Waals surface area contributed by atoms with Crippen molar-refractivity contribution in [1.29, 1.82) is 0 Å². The number of rotatable bonds is 4. The molecule has 3 heteroatoms. The lowest BCUT2D eigenvalue weighted by molar-refractivity contribution is 0.626. The van der Waals surface area contributed by atoms with Crippen LogP contribution in [0.25, 0.3) is 0 Å². The normalized spacial score (nSPS) is 10.4. The molecule has 2 aromatic carbocycles. The van der Waals surface area contributed by atoms with Gasteiger partial charge in [-0.25, -0.2) is 4.39 Å². The van der Waals surface area contributed by atoms with Gasteiger partial charge in [0.2, 0.25) is 0 Å². The number of hydrogen-bond donors (Lipinski definition) is 2. The predicted molar refractivity (Wildman–Crippen MR) is 73.4 cm³/mol. The minimum absolute atomic E-state index is 0.259. The Morgan fingerprint density at radius 3 is 2.50 bits per heavy atom. The number of nitrogens with two attached hydrogens (primary N) is 1. The minimum Gasteiger partial charge on any atom is -0.355 e. The molecule has 0 aliphatic carbocycles. The number of anilines is 2. The summed E-state index contributed by atoms with van der Waals surface area (Å²) in [5, 5.41) is 3.32. The number of hydrogen-bond acceptors (Lipinski definition) is 2. The molecule has 0 heterocycles. The van der Waals surface area contributed by atoms with Crippen molar-refractivity contribution < 1.29 is 4.39 Å². The molecular weight excluding hydrogens is 227 g/mol. The van der Waals surface area contributed by atoms with Crippen molar-refractivity contribution in [2.24, 2.45) is 5.73 Å². The summed E-state index contributed by atoms with van der Waals surface area (Å²) in [5.74, 6) is -0.259. The highest BCUT2D eigenvalue weighted by atomic mass is 19.1. The molecule has 0 unspecified atom stereocenters. The first-order chi connectivity index (χ1) is 8.74. The number of halogens is 1. The van der Waals surface area contributed by atoms with E-state index in [-0.39, 0.29) is 5.82 Å². The largest absolute Gasteiger partial charge is 0.355 e. The molecule has 0 aliphatic heterocycles. The lowest BCUT2D eigenvalue weighted by Gasteiger charge is -2.14. The molecule has 0 saturated heterocycles. The third-order valence-electron chi connectivity index (χ3n) is 2.95. The van der Waals surface area contributed by atoms with Crippen molar-refractivity contribution in [2.75, 3.05) is 5.32 Å². The van der Waals surface area contributed by atoms with Gasteiger partial charge < -0.3 is 11.1 Å². The van der Waals surface area contributed by atoms with E-state index < -0.39 is 0 Å². The molecular formula is C15H17FN2. The topological polar surface area (TPSA) is 38.0 Å². The van der Waals surface area contributed by atoms with Gasteiger partial charge in [-0.3, -0.25) is 0 Å². The maximum absolute atomic E-state index is 13.1. The summed E-state index contributed by atoms with van der Waals surface area (Å²) in [4.78, 5) is 0. The summed E-state index contributed by atoms with van der Waals surface area (Å²) < 4.78 is 13.1. The summed E-state index contributed by atoms with van der Waals surface area (Å²) >= 11 is 0. The standard InChI is InChI=1S/C15H17FN2/c1-2-11-5-3-4-6-14(11)18-15-8-7-13(16)9-12(15)10-17/h3-9,18H,2,10,17H2,1H3. The van der Waals surface area contributed by atoms with E-state index in [0.717, 1.165) is 23.4 Å². The Hall–Kier alpha value is -1.87. The number of benzene rings is 2. The van der Waals surface area contributed by atoms with Crippen LogP contribution in [-0.4, -0.2) is 0 Å². The van der Waals surface area contributed by atoms with Crippen LogP contribution in [0.5, 0.6) is 0 Å². The van der Waals surface area contributed by atoms with Crippen LogP contribution in [0, 0.1) is 5.82 Å². The van der Waals surface area contributed by atoms with Crippen molar-refractivity contribution in [3.05, 3.63) is 59.4 Å². The molecule has 2 aromatic rings. The van der Waals surface area contributed by atoms with E-state index in [0.29, 0.717) is 6.54 Å². The summed E-state index contributed by atoms with van der Waals surface area (Å²) in [6.45, 7) is 2.42. The average molecular weight is 244 g/mol. The van der Waals surface area contributed by atoms with E-state index in [1.165, 1.54) is 17.7 Å². The lowest BCUT2D eigenvalue weighted by atomic mass is 10.1. The van der Waals surface area contributed by atoms with E-state index in [1.807, 2.05) is 18.2 Å². The highest BCUT2D eigenvalue weighted by Gasteiger charge is 2.05. The van der Waals surface area contributed by atoms with Crippen molar-refractivity contribution in [2.45, 2.75) is 19.9 Å². The first-order valence-electron chi connectivity index (χ1n) is 6.08. The van der Waals surface area contributed by atoms with E-state index in [2.05, 4.69) is 18.3 Å². The molecule has 0 fully saturated rings. The van der Waals surface area contributed by atoms with Gasteiger partial charge in [-0.05, 0) is 41.8 Å². The van der Waals surface area contributed by atoms with E-state index in [4.69, 9.17) is 5.73 Å². The van der Waals surface area contributed by atoms with Crippen LogP contribution in [0.2, 0.25) is 0 Å². The fourth-order valence-electron chi connectivity index (χ4n) is 1.95. The molecule has 94 valence electrons. The van der Waals surface area contributed by atoms with Crippen molar-refractivity contribution in [1.82, 2.24) is 0 Å². The molecule has 18 heavy (non-hydrogen) atoms. The van der Waals surface area contributed by atoms with Crippen LogP contribution in [0.4, 0.5) is 15.8 Å². The highest BCUT2D eigenvalue weighted by molar-refractivity contribution is 5.66.